The van der Waals surface area contributed by atoms with Crippen LogP contribution in [0.2, 0.25) is 0 Å². The fourth-order valence-corrected chi connectivity index (χ4v) is 2.31. The lowest BCUT2D eigenvalue weighted by molar-refractivity contribution is 0.412. The van der Waals surface area contributed by atoms with E-state index in [0.29, 0.717) is 12.2 Å². The minimum absolute atomic E-state index is 0.580. The van der Waals surface area contributed by atoms with Crippen LogP contribution in [0.15, 0.2) is 34.5 Å². The van der Waals surface area contributed by atoms with E-state index in [9.17, 15) is 0 Å². The van der Waals surface area contributed by atoms with E-state index < -0.39 is 0 Å². The van der Waals surface area contributed by atoms with Gasteiger partial charge in [-0.25, -0.2) is 4.98 Å². The minimum atomic E-state index is 0.580. The van der Waals surface area contributed by atoms with Crippen LogP contribution in [0.1, 0.15) is 5.69 Å². The second kappa shape index (κ2) is 4.06. The van der Waals surface area contributed by atoms with E-state index in [1.165, 1.54) is 0 Å². The first kappa shape index (κ1) is 10.1. The number of rotatable bonds is 3. The van der Waals surface area contributed by atoms with Gasteiger partial charge in [0.1, 0.15) is 17.5 Å². The zero-order chi connectivity index (χ0) is 11.7. The van der Waals surface area contributed by atoms with Gasteiger partial charge in [-0.3, -0.25) is 0 Å². The van der Waals surface area contributed by atoms with Crippen LogP contribution < -0.4 is 11.1 Å². The molecule has 86 valence electrons. The maximum atomic E-state index is 6.04. The highest BCUT2D eigenvalue weighted by atomic mass is 32.1. The van der Waals surface area contributed by atoms with E-state index in [4.69, 9.17) is 10.3 Å². The first-order valence-electron chi connectivity index (χ1n) is 5.09. The van der Waals surface area contributed by atoms with Crippen LogP contribution in [0, 0.1) is 0 Å². The summed E-state index contributed by atoms with van der Waals surface area (Å²) < 4.78 is 5.85. The van der Waals surface area contributed by atoms with Crippen LogP contribution in [0.3, 0.4) is 0 Å². The van der Waals surface area contributed by atoms with Crippen LogP contribution >= 0.6 is 11.3 Å². The molecular formula is C11H10N4OS. The highest BCUT2D eigenvalue weighted by molar-refractivity contribution is 7.16. The molecular weight excluding hydrogens is 236 g/mol. The van der Waals surface area contributed by atoms with E-state index in [-0.39, 0.29) is 0 Å². The molecule has 3 N–H and O–H groups in total. The average Bonchev–Trinajstić information content (AvgIpc) is 2.99. The van der Waals surface area contributed by atoms with Gasteiger partial charge in [0.15, 0.2) is 0 Å². The molecule has 0 aliphatic carbocycles. The molecule has 0 spiro atoms. The third kappa shape index (κ3) is 1.83. The Morgan fingerprint density at radius 2 is 2.29 bits per heavy atom. The Kier molecular flexibility index (Phi) is 2.41. The van der Waals surface area contributed by atoms with Gasteiger partial charge in [0.25, 0.3) is 0 Å². The van der Waals surface area contributed by atoms with Gasteiger partial charge in [-0.1, -0.05) is 5.16 Å². The molecule has 0 fully saturated rings. The number of thiazole rings is 1. The molecule has 2 heterocycles. The molecule has 0 aliphatic heterocycles. The summed E-state index contributed by atoms with van der Waals surface area (Å²) in [4.78, 5) is 4.24. The lowest BCUT2D eigenvalue weighted by Gasteiger charge is -2.07. The molecule has 1 aromatic carbocycles. The Morgan fingerprint density at radius 1 is 1.35 bits per heavy atom. The lowest BCUT2D eigenvalue weighted by Crippen LogP contribution is -2.02. The monoisotopic (exact) mass is 246 g/mol. The number of benzene rings is 1. The Labute approximate surface area is 101 Å². The maximum Gasteiger partial charge on any atom is 0.124 e. The van der Waals surface area contributed by atoms with Gasteiger partial charge in [0.2, 0.25) is 0 Å². The molecule has 5 nitrogen and oxygen atoms in total. The molecule has 0 saturated carbocycles. The Hall–Kier alpha value is -2.08. The first-order valence-corrected chi connectivity index (χ1v) is 5.97. The van der Waals surface area contributed by atoms with E-state index in [1.54, 1.807) is 23.1 Å². The third-order valence-corrected chi connectivity index (χ3v) is 3.29. The standard InChI is InChI=1S/C11H10N4OS/c12-10-8(13-5-7-3-4-16-15-7)1-2-9-11(10)14-6-17-9/h1-4,6,13H,5,12H2. The number of hydrogen-bond donors (Lipinski definition) is 2. The van der Waals surface area contributed by atoms with Crippen molar-refractivity contribution >= 4 is 32.9 Å². The molecule has 3 rings (SSSR count). The normalized spacial score (nSPS) is 10.8. The molecule has 3 aromatic rings. The van der Waals surface area contributed by atoms with E-state index in [2.05, 4.69) is 15.5 Å². The summed E-state index contributed by atoms with van der Waals surface area (Å²) in [6, 6.07) is 5.77. The Bertz CT molecular complexity index is 632. The lowest BCUT2D eigenvalue weighted by atomic mass is 10.2. The SMILES string of the molecule is Nc1c(NCc2ccon2)ccc2scnc12. The number of nitrogens with zero attached hydrogens (tertiary/aromatic N) is 2. The van der Waals surface area contributed by atoms with Crippen molar-refractivity contribution in [2.45, 2.75) is 6.54 Å². The molecule has 0 unspecified atom stereocenters. The molecule has 0 atom stereocenters. The van der Waals surface area contributed by atoms with Crippen molar-refractivity contribution in [3.63, 3.8) is 0 Å². The van der Waals surface area contributed by atoms with Gasteiger partial charge in [-0.15, -0.1) is 11.3 Å². The summed E-state index contributed by atoms with van der Waals surface area (Å²) in [5.41, 5.74) is 11.1. The van der Waals surface area contributed by atoms with Gasteiger partial charge in [0, 0.05) is 6.07 Å². The molecule has 0 radical (unpaired) electrons. The van der Waals surface area contributed by atoms with E-state index in [0.717, 1.165) is 21.6 Å². The number of nitrogens with one attached hydrogen (secondary N) is 1. The first-order chi connectivity index (χ1) is 8.34. The summed E-state index contributed by atoms with van der Waals surface area (Å²) in [6.45, 7) is 0.580. The van der Waals surface area contributed by atoms with Crippen molar-refractivity contribution in [3.05, 3.63) is 35.7 Å². The molecule has 0 saturated heterocycles. The molecule has 2 aromatic heterocycles. The van der Waals surface area contributed by atoms with Crippen LogP contribution in [-0.2, 0) is 6.54 Å². The average molecular weight is 246 g/mol. The van der Waals surface area contributed by atoms with Crippen molar-refractivity contribution in [1.29, 1.82) is 0 Å². The number of nitrogen functional groups attached to an aromatic ring is 1. The quantitative estimate of drug-likeness (QED) is 0.694. The highest BCUT2D eigenvalue weighted by Gasteiger charge is 2.06. The van der Waals surface area contributed by atoms with Crippen molar-refractivity contribution in [2.24, 2.45) is 0 Å². The van der Waals surface area contributed by atoms with Gasteiger partial charge >= 0.3 is 0 Å². The summed E-state index contributed by atoms with van der Waals surface area (Å²) in [5.74, 6) is 0. The smallest absolute Gasteiger partial charge is 0.124 e. The fraction of sp³-hybridized carbons (Fsp3) is 0.0909. The Morgan fingerprint density at radius 3 is 3.12 bits per heavy atom. The summed E-state index contributed by atoms with van der Waals surface area (Å²) in [7, 11) is 0. The predicted molar refractivity (Wildman–Crippen MR) is 67.9 cm³/mol. The molecule has 0 amide bonds. The van der Waals surface area contributed by atoms with Crippen LogP contribution in [0.4, 0.5) is 11.4 Å². The number of nitrogens with two attached hydrogens (primary N) is 1. The van der Waals surface area contributed by atoms with Crippen molar-refractivity contribution < 1.29 is 4.52 Å². The molecule has 17 heavy (non-hydrogen) atoms. The zero-order valence-corrected chi connectivity index (χ0v) is 9.70. The number of hydrogen-bond acceptors (Lipinski definition) is 6. The van der Waals surface area contributed by atoms with Gasteiger partial charge in [-0.05, 0) is 12.1 Å². The molecule has 6 heteroatoms. The van der Waals surface area contributed by atoms with Crippen molar-refractivity contribution in [2.75, 3.05) is 11.1 Å². The highest BCUT2D eigenvalue weighted by Crippen LogP contribution is 2.30. The maximum absolute atomic E-state index is 6.04. The van der Waals surface area contributed by atoms with E-state index in [1.807, 2.05) is 18.2 Å². The molecule has 0 bridgehead atoms. The number of fused-ring (bicyclic) bond motifs is 1. The third-order valence-electron chi connectivity index (χ3n) is 2.49. The number of anilines is 2. The minimum Gasteiger partial charge on any atom is -0.395 e. The topological polar surface area (TPSA) is 77.0 Å². The van der Waals surface area contributed by atoms with Crippen molar-refractivity contribution in [3.8, 4) is 0 Å². The Balaban J connectivity index is 1.87. The largest absolute Gasteiger partial charge is 0.395 e. The fourth-order valence-electron chi connectivity index (χ4n) is 1.62. The van der Waals surface area contributed by atoms with Gasteiger partial charge in [-0.2, -0.15) is 0 Å². The van der Waals surface area contributed by atoms with Gasteiger partial charge < -0.3 is 15.6 Å². The second-order valence-electron chi connectivity index (χ2n) is 3.57. The summed E-state index contributed by atoms with van der Waals surface area (Å²) in [6.07, 6.45) is 1.55. The van der Waals surface area contributed by atoms with Gasteiger partial charge in [0.05, 0.1) is 28.1 Å². The predicted octanol–water partition coefficient (Wildman–Crippen LogP) is 2.48. The van der Waals surface area contributed by atoms with E-state index >= 15 is 0 Å². The zero-order valence-electron chi connectivity index (χ0n) is 8.88. The summed E-state index contributed by atoms with van der Waals surface area (Å²) in [5, 5.41) is 7.04. The van der Waals surface area contributed by atoms with Crippen molar-refractivity contribution in [1.82, 2.24) is 10.1 Å². The van der Waals surface area contributed by atoms with Crippen LogP contribution in [0.25, 0.3) is 10.2 Å². The van der Waals surface area contributed by atoms with Crippen LogP contribution in [0.5, 0.6) is 0 Å². The second-order valence-corrected chi connectivity index (χ2v) is 4.46. The number of aromatic nitrogens is 2. The summed E-state index contributed by atoms with van der Waals surface area (Å²) >= 11 is 1.58. The molecule has 0 aliphatic rings. The van der Waals surface area contributed by atoms with Crippen LogP contribution in [-0.4, -0.2) is 10.1 Å².